The quantitative estimate of drug-likeness (QED) is 0.497. The zero-order chi connectivity index (χ0) is 28.7. The third-order valence-electron chi connectivity index (χ3n) is 5.47. The first-order valence-electron chi connectivity index (χ1n) is 11.5. The van der Waals surface area contributed by atoms with Crippen LogP contribution >= 0.6 is 0 Å². The van der Waals surface area contributed by atoms with Gasteiger partial charge in [0.2, 0.25) is 0 Å². The fourth-order valence-corrected chi connectivity index (χ4v) is 3.53. The number of aromatic nitrogens is 4. The first-order valence-corrected chi connectivity index (χ1v) is 11.5. The molecule has 2 N–H and O–H groups in total. The fourth-order valence-electron chi connectivity index (χ4n) is 3.53. The first-order chi connectivity index (χ1) is 17.6. The molecule has 0 spiro atoms. The molecular weight excluding hydrogens is 528 g/mol. The molecule has 1 unspecified atom stereocenters. The Kier molecular flexibility index (Phi) is 10.7. The van der Waals surface area contributed by atoms with E-state index in [4.69, 9.17) is 29.6 Å². The number of aliphatic carboxylic acids is 2. The molecule has 0 radical (unpaired) electrons. The molecule has 38 heavy (non-hydrogen) atoms. The predicted molar refractivity (Wildman–Crippen MR) is 119 cm³/mol. The van der Waals surface area contributed by atoms with Crippen molar-refractivity contribution in [3.8, 4) is 0 Å². The van der Waals surface area contributed by atoms with E-state index in [2.05, 4.69) is 34.0 Å². The molecule has 3 heterocycles. The second kappa shape index (κ2) is 13.1. The zero-order valence-corrected chi connectivity index (χ0v) is 20.7. The van der Waals surface area contributed by atoms with Crippen LogP contribution in [0.25, 0.3) is 0 Å². The van der Waals surface area contributed by atoms with Gasteiger partial charge < -0.3 is 14.9 Å². The average Bonchev–Trinajstić information content (AvgIpc) is 3.38. The average molecular weight is 557 g/mol. The van der Waals surface area contributed by atoms with Gasteiger partial charge in [-0.25, -0.2) is 9.59 Å². The molecule has 0 amide bonds. The van der Waals surface area contributed by atoms with Crippen LogP contribution in [0.1, 0.15) is 42.5 Å². The van der Waals surface area contributed by atoms with Crippen LogP contribution in [-0.2, 0) is 41.0 Å². The highest BCUT2D eigenvalue weighted by atomic mass is 19.4. The number of hydrogen-bond acceptors (Lipinski definition) is 6. The van der Waals surface area contributed by atoms with E-state index < -0.39 is 24.3 Å². The Morgan fingerprint density at radius 3 is 2.08 bits per heavy atom. The lowest BCUT2D eigenvalue weighted by Crippen LogP contribution is -2.34. The number of fused-ring (bicyclic) bond motifs is 1. The number of nitrogens with zero attached hydrogens (tertiary/aromatic N) is 5. The summed E-state index contributed by atoms with van der Waals surface area (Å²) in [5.41, 5.74) is 3.86. The summed E-state index contributed by atoms with van der Waals surface area (Å²) >= 11 is 0. The SMILES string of the molecule is CCn1cc2c(n1)C(COCC1CC1)CN(Cc1cnn(C)c1)C2.O=C(O)C(F)(F)F.O=C(O)C(F)(F)F. The summed E-state index contributed by atoms with van der Waals surface area (Å²) in [6.45, 7) is 7.67. The molecule has 16 heteroatoms. The van der Waals surface area contributed by atoms with Crippen molar-refractivity contribution in [1.29, 1.82) is 0 Å². The monoisotopic (exact) mass is 557 g/mol. The Balaban J connectivity index is 0.000000301. The summed E-state index contributed by atoms with van der Waals surface area (Å²) in [7, 11) is 1.97. The summed E-state index contributed by atoms with van der Waals surface area (Å²) in [4.78, 5) is 20.3. The maximum atomic E-state index is 10.6. The molecule has 10 nitrogen and oxygen atoms in total. The lowest BCUT2D eigenvalue weighted by atomic mass is 9.97. The molecule has 1 saturated carbocycles. The lowest BCUT2D eigenvalue weighted by molar-refractivity contribution is -0.193. The Morgan fingerprint density at radius 2 is 1.63 bits per heavy atom. The van der Waals surface area contributed by atoms with E-state index in [-0.39, 0.29) is 0 Å². The normalized spacial score (nSPS) is 17.5. The molecule has 0 aromatic carbocycles. The molecule has 0 bridgehead atoms. The van der Waals surface area contributed by atoms with Crippen LogP contribution in [0, 0.1) is 5.92 Å². The van der Waals surface area contributed by atoms with E-state index in [1.807, 2.05) is 17.9 Å². The van der Waals surface area contributed by atoms with Crippen LogP contribution in [0.4, 0.5) is 26.3 Å². The topological polar surface area (TPSA) is 123 Å². The molecule has 2 aromatic heterocycles. The van der Waals surface area contributed by atoms with Crippen LogP contribution in [0.5, 0.6) is 0 Å². The highest BCUT2D eigenvalue weighted by molar-refractivity contribution is 5.73. The van der Waals surface area contributed by atoms with Crippen molar-refractivity contribution in [2.24, 2.45) is 13.0 Å². The number of hydrogen-bond donors (Lipinski definition) is 2. The van der Waals surface area contributed by atoms with E-state index in [1.165, 1.54) is 29.7 Å². The summed E-state index contributed by atoms with van der Waals surface area (Å²) in [6.07, 6.45) is -1.22. The maximum Gasteiger partial charge on any atom is 0.490 e. The molecule has 1 atom stereocenters. The second-order valence-corrected chi connectivity index (χ2v) is 8.87. The molecule has 2 aliphatic rings. The smallest absolute Gasteiger partial charge is 0.475 e. The summed E-state index contributed by atoms with van der Waals surface area (Å²) < 4.78 is 73.4. The van der Waals surface area contributed by atoms with Crippen molar-refractivity contribution >= 4 is 11.9 Å². The standard InChI is InChI=1S/C18H27N5O.2C2HF3O2/c1-3-23-11-16-9-22(8-15-6-19-21(2)7-15)10-17(18(16)20-23)13-24-12-14-4-5-14;2*3-2(4,5)1(6)7/h6-7,11,14,17H,3-5,8-10,12-13H2,1-2H3;2*(H,6,7). The molecular formula is C22H29F6N5O5. The third kappa shape index (κ3) is 10.3. The summed E-state index contributed by atoms with van der Waals surface area (Å²) in [6, 6.07) is 0. The fraction of sp³-hybridized carbons (Fsp3) is 0.636. The number of aryl methyl sites for hydroxylation is 2. The zero-order valence-electron chi connectivity index (χ0n) is 20.7. The predicted octanol–water partition coefficient (Wildman–Crippen LogP) is 3.43. The van der Waals surface area contributed by atoms with Gasteiger partial charge in [-0.05, 0) is 25.7 Å². The third-order valence-corrected chi connectivity index (χ3v) is 5.47. The van der Waals surface area contributed by atoms with Gasteiger partial charge in [0.15, 0.2) is 0 Å². The van der Waals surface area contributed by atoms with Crippen molar-refractivity contribution in [3.05, 3.63) is 35.4 Å². The molecule has 1 fully saturated rings. The van der Waals surface area contributed by atoms with Gasteiger partial charge >= 0.3 is 24.3 Å². The van der Waals surface area contributed by atoms with Gasteiger partial charge in [0, 0.05) is 69.3 Å². The van der Waals surface area contributed by atoms with Crippen LogP contribution in [0.15, 0.2) is 18.6 Å². The molecule has 0 saturated heterocycles. The van der Waals surface area contributed by atoms with Gasteiger partial charge in [0.1, 0.15) is 0 Å². The largest absolute Gasteiger partial charge is 0.490 e. The van der Waals surface area contributed by atoms with Gasteiger partial charge in [0.25, 0.3) is 0 Å². The van der Waals surface area contributed by atoms with Crippen molar-refractivity contribution in [1.82, 2.24) is 24.5 Å². The number of carboxylic acid groups (broad SMARTS) is 2. The Morgan fingerprint density at radius 1 is 1.05 bits per heavy atom. The van der Waals surface area contributed by atoms with Crippen molar-refractivity contribution < 1.29 is 50.9 Å². The van der Waals surface area contributed by atoms with Crippen molar-refractivity contribution in [2.75, 3.05) is 19.8 Å². The molecule has 2 aromatic rings. The van der Waals surface area contributed by atoms with Crippen LogP contribution in [0.3, 0.4) is 0 Å². The maximum absolute atomic E-state index is 10.6. The van der Waals surface area contributed by atoms with Crippen molar-refractivity contribution in [3.63, 3.8) is 0 Å². The molecule has 214 valence electrons. The second-order valence-electron chi connectivity index (χ2n) is 8.87. The lowest BCUT2D eigenvalue weighted by Gasteiger charge is -2.31. The van der Waals surface area contributed by atoms with Gasteiger partial charge in [-0.2, -0.15) is 36.5 Å². The number of alkyl halides is 6. The van der Waals surface area contributed by atoms with Crippen molar-refractivity contribution in [2.45, 2.75) is 57.7 Å². The molecule has 1 aliphatic carbocycles. The van der Waals surface area contributed by atoms with Gasteiger partial charge in [0.05, 0.1) is 18.5 Å². The minimum absolute atomic E-state index is 0.372. The van der Waals surface area contributed by atoms with Crippen LogP contribution in [-0.4, -0.2) is 78.7 Å². The minimum Gasteiger partial charge on any atom is -0.475 e. The first kappa shape index (κ1) is 31.1. The van der Waals surface area contributed by atoms with E-state index in [0.29, 0.717) is 5.92 Å². The van der Waals surface area contributed by atoms with Gasteiger partial charge in [-0.3, -0.25) is 14.3 Å². The Bertz CT molecular complexity index is 1040. The number of rotatable bonds is 7. The van der Waals surface area contributed by atoms with E-state index in [1.54, 1.807) is 0 Å². The molecule has 1 aliphatic heterocycles. The van der Waals surface area contributed by atoms with E-state index in [9.17, 15) is 26.3 Å². The Hall–Kier alpha value is -3.14. The number of carbonyl (C=O) groups is 2. The summed E-state index contributed by atoms with van der Waals surface area (Å²) in [5.74, 6) is -4.33. The highest BCUT2D eigenvalue weighted by Gasteiger charge is 2.39. The highest BCUT2D eigenvalue weighted by Crippen LogP contribution is 2.31. The Labute approximate surface area is 213 Å². The van der Waals surface area contributed by atoms with Crippen LogP contribution in [0.2, 0.25) is 0 Å². The number of halogens is 6. The van der Waals surface area contributed by atoms with Crippen LogP contribution < -0.4 is 0 Å². The van der Waals surface area contributed by atoms with Gasteiger partial charge in [-0.1, -0.05) is 0 Å². The van der Waals surface area contributed by atoms with E-state index >= 15 is 0 Å². The summed E-state index contributed by atoms with van der Waals surface area (Å²) in [5, 5.41) is 23.3. The van der Waals surface area contributed by atoms with Gasteiger partial charge in [-0.15, -0.1) is 0 Å². The number of carboxylic acids is 2. The van der Waals surface area contributed by atoms with E-state index in [0.717, 1.165) is 45.3 Å². The number of ether oxygens (including phenoxy) is 1. The molecule has 4 rings (SSSR count). The minimum atomic E-state index is -5.08.